The van der Waals surface area contributed by atoms with Gasteiger partial charge in [-0.2, -0.15) is 0 Å². The van der Waals surface area contributed by atoms with Gasteiger partial charge in [0.05, 0.1) is 12.7 Å². The van der Waals surface area contributed by atoms with E-state index < -0.39 is 6.10 Å². The van der Waals surface area contributed by atoms with E-state index in [9.17, 15) is 5.11 Å². The molecule has 0 radical (unpaired) electrons. The van der Waals surface area contributed by atoms with Gasteiger partial charge in [0.15, 0.2) is 0 Å². The van der Waals surface area contributed by atoms with Gasteiger partial charge >= 0.3 is 0 Å². The summed E-state index contributed by atoms with van der Waals surface area (Å²) in [6.07, 6.45) is 0.258. The highest BCUT2D eigenvalue weighted by Crippen LogP contribution is 2.17. The molecule has 0 spiro atoms. The number of aliphatic hydroxyl groups is 2. The minimum atomic E-state index is -0.427. The van der Waals surface area contributed by atoms with E-state index in [4.69, 9.17) is 5.11 Å². The van der Waals surface area contributed by atoms with Crippen LogP contribution in [0.2, 0.25) is 0 Å². The molecular weight excluding hydrogens is 214 g/mol. The molecule has 0 aliphatic rings. The SMILES string of the molecule is Cc1ccc(C(O)CCN(C)C(C)CO)cc1. The average molecular weight is 237 g/mol. The van der Waals surface area contributed by atoms with E-state index in [0.29, 0.717) is 6.42 Å². The van der Waals surface area contributed by atoms with Crippen LogP contribution in [0.4, 0.5) is 0 Å². The summed E-state index contributed by atoms with van der Waals surface area (Å²) in [5.74, 6) is 0. The Labute approximate surface area is 104 Å². The van der Waals surface area contributed by atoms with Crippen LogP contribution in [0, 0.1) is 6.92 Å². The van der Waals surface area contributed by atoms with Crippen molar-refractivity contribution in [2.45, 2.75) is 32.4 Å². The van der Waals surface area contributed by atoms with Gasteiger partial charge in [-0.15, -0.1) is 0 Å². The Morgan fingerprint density at radius 1 is 1.24 bits per heavy atom. The Kier molecular flexibility index (Phi) is 5.62. The number of rotatable bonds is 6. The normalized spacial score (nSPS) is 14.9. The van der Waals surface area contributed by atoms with Gasteiger partial charge < -0.3 is 15.1 Å². The van der Waals surface area contributed by atoms with Crippen molar-refractivity contribution in [1.82, 2.24) is 4.90 Å². The topological polar surface area (TPSA) is 43.7 Å². The van der Waals surface area contributed by atoms with Crippen LogP contribution >= 0.6 is 0 Å². The van der Waals surface area contributed by atoms with Crippen molar-refractivity contribution >= 4 is 0 Å². The Balaban J connectivity index is 2.44. The monoisotopic (exact) mass is 237 g/mol. The van der Waals surface area contributed by atoms with Crippen LogP contribution in [0.1, 0.15) is 30.6 Å². The average Bonchev–Trinajstić information content (AvgIpc) is 2.35. The number of likely N-dealkylation sites (N-methyl/N-ethyl adjacent to an activating group) is 1. The van der Waals surface area contributed by atoms with Crippen LogP contribution in [0.5, 0.6) is 0 Å². The van der Waals surface area contributed by atoms with Gasteiger partial charge in [0.1, 0.15) is 0 Å². The van der Waals surface area contributed by atoms with Crippen molar-refractivity contribution in [1.29, 1.82) is 0 Å². The lowest BCUT2D eigenvalue weighted by Gasteiger charge is -2.24. The quantitative estimate of drug-likeness (QED) is 0.792. The predicted octanol–water partition coefficient (Wildman–Crippen LogP) is 1.73. The molecule has 2 unspecified atom stereocenters. The number of aliphatic hydroxyl groups excluding tert-OH is 2. The molecule has 1 rings (SSSR count). The molecular formula is C14H23NO2. The summed E-state index contributed by atoms with van der Waals surface area (Å²) < 4.78 is 0. The first kappa shape index (κ1) is 14.2. The zero-order valence-corrected chi connectivity index (χ0v) is 10.9. The molecule has 0 saturated carbocycles. The second-order valence-corrected chi connectivity index (χ2v) is 4.73. The van der Waals surface area contributed by atoms with E-state index in [1.807, 2.05) is 45.2 Å². The van der Waals surface area contributed by atoms with Gasteiger partial charge in [0.2, 0.25) is 0 Å². The second-order valence-electron chi connectivity index (χ2n) is 4.73. The summed E-state index contributed by atoms with van der Waals surface area (Å²) in [5.41, 5.74) is 2.16. The lowest BCUT2D eigenvalue weighted by atomic mass is 10.0. The maximum absolute atomic E-state index is 10.0. The number of hydrogen-bond acceptors (Lipinski definition) is 3. The van der Waals surface area contributed by atoms with Gasteiger partial charge in [-0.25, -0.2) is 0 Å². The summed E-state index contributed by atoms with van der Waals surface area (Å²) in [7, 11) is 1.96. The molecule has 0 fully saturated rings. The van der Waals surface area contributed by atoms with Crippen molar-refractivity contribution in [2.75, 3.05) is 20.2 Å². The summed E-state index contributed by atoms with van der Waals surface area (Å²) in [4.78, 5) is 2.05. The third kappa shape index (κ3) is 4.46. The largest absolute Gasteiger partial charge is 0.395 e. The fraction of sp³-hybridized carbons (Fsp3) is 0.571. The van der Waals surface area contributed by atoms with Crippen LogP contribution < -0.4 is 0 Å². The highest BCUT2D eigenvalue weighted by molar-refractivity contribution is 5.22. The lowest BCUT2D eigenvalue weighted by molar-refractivity contribution is 0.117. The summed E-state index contributed by atoms with van der Waals surface area (Å²) in [5, 5.41) is 19.0. The zero-order chi connectivity index (χ0) is 12.8. The summed E-state index contributed by atoms with van der Waals surface area (Å²) >= 11 is 0. The van der Waals surface area contributed by atoms with Crippen molar-refractivity contribution in [2.24, 2.45) is 0 Å². The van der Waals surface area contributed by atoms with Crippen molar-refractivity contribution < 1.29 is 10.2 Å². The molecule has 96 valence electrons. The van der Waals surface area contributed by atoms with Crippen LogP contribution in [0.25, 0.3) is 0 Å². The minimum absolute atomic E-state index is 0.139. The fourth-order valence-electron chi connectivity index (χ4n) is 1.64. The number of aryl methyl sites for hydroxylation is 1. The molecule has 0 bridgehead atoms. The minimum Gasteiger partial charge on any atom is -0.395 e. The van der Waals surface area contributed by atoms with E-state index >= 15 is 0 Å². The van der Waals surface area contributed by atoms with Gasteiger partial charge in [-0.3, -0.25) is 0 Å². The smallest absolute Gasteiger partial charge is 0.0802 e. The molecule has 0 heterocycles. The molecule has 3 heteroatoms. The first-order valence-corrected chi connectivity index (χ1v) is 6.10. The van der Waals surface area contributed by atoms with Gasteiger partial charge in [-0.1, -0.05) is 29.8 Å². The standard InChI is InChI=1S/C14H23NO2/c1-11-4-6-13(7-5-11)14(17)8-9-15(3)12(2)10-16/h4-7,12,14,16-17H,8-10H2,1-3H3. The maximum Gasteiger partial charge on any atom is 0.0802 e. The van der Waals surface area contributed by atoms with Crippen LogP contribution in [0.3, 0.4) is 0 Å². The molecule has 17 heavy (non-hydrogen) atoms. The lowest BCUT2D eigenvalue weighted by Crippen LogP contribution is -2.33. The molecule has 3 nitrogen and oxygen atoms in total. The van der Waals surface area contributed by atoms with Crippen molar-refractivity contribution in [3.8, 4) is 0 Å². The molecule has 0 amide bonds. The molecule has 1 aromatic rings. The highest BCUT2D eigenvalue weighted by Gasteiger charge is 2.11. The Morgan fingerprint density at radius 2 is 1.82 bits per heavy atom. The number of hydrogen-bond donors (Lipinski definition) is 2. The molecule has 0 aliphatic carbocycles. The fourth-order valence-corrected chi connectivity index (χ4v) is 1.64. The predicted molar refractivity (Wildman–Crippen MR) is 69.9 cm³/mol. The summed E-state index contributed by atoms with van der Waals surface area (Å²) in [6, 6.07) is 8.10. The maximum atomic E-state index is 10.0. The molecule has 0 aromatic heterocycles. The third-order valence-corrected chi connectivity index (χ3v) is 3.23. The van der Waals surface area contributed by atoms with Crippen molar-refractivity contribution in [3.63, 3.8) is 0 Å². The highest BCUT2D eigenvalue weighted by atomic mass is 16.3. The van der Waals surface area contributed by atoms with Crippen LogP contribution in [-0.4, -0.2) is 41.4 Å². The number of nitrogens with zero attached hydrogens (tertiary/aromatic N) is 1. The first-order chi connectivity index (χ1) is 8.04. The van der Waals surface area contributed by atoms with E-state index in [0.717, 1.165) is 12.1 Å². The van der Waals surface area contributed by atoms with Crippen molar-refractivity contribution in [3.05, 3.63) is 35.4 Å². The zero-order valence-electron chi connectivity index (χ0n) is 10.9. The van der Waals surface area contributed by atoms with Crippen LogP contribution in [0.15, 0.2) is 24.3 Å². The van der Waals surface area contributed by atoms with Gasteiger partial charge in [-0.05, 0) is 32.9 Å². The molecule has 0 aliphatic heterocycles. The molecule has 1 aromatic carbocycles. The number of benzene rings is 1. The third-order valence-electron chi connectivity index (χ3n) is 3.23. The van der Waals surface area contributed by atoms with E-state index in [-0.39, 0.29) is 12.6 Å². The van der Waals surface area contributed by atoms with Crippen LogP contribution in [-0.2, 0) is 0 Å². The van der Waals surface area contributed by atoms with E-state index in [1.54, 1.807) is 0 Å². The Hall–Kier alpha value is -0.900. The van der Waals surface area contributed by atoms with E-state index in [2.05, 4.69) is 4.90 Å². The Bertz CT molecular complexity index is 323. The van der Waals surface area contributed by atoms with Gasteiger partial charge in [0, 0.05) is 12.6 Å². The Morgan fingerprint density at radius 3 is 2.35 bits per heavy atom. The molecule has 2 N–H and O–H groups in total. The van der Waals surface area contributed by atoms with E-state index in [1.165, 1.54) is 5.56 Å². The molecule has 0 saturated heterocycles. The van der Waals surface area contributed by atoms with Gasteiger partial charge in [0.25, 0.3) is 0 Å². The second kappa shape index (κ2) is 6.74. The summed E-state index contributed by atoms with van der Waals surface area (Å²) in [6.45, 7) is 4.93. The molecule has 2 atom stereocenters. The first-order valence-electron chi connectivity index (χ1n) is 6.10.